The van der Waals surface area contributed by atoms with Gasteiger partial charge in [0.1, 0.15) is 5.82 Å². The van der Waals surface area contributed by atoms with E-state index in [-0.39, 0.29) is 0 Å². The van der Waals surface area contributed by atoms with Crippen LogP contribution in [0.1, 0.15) is 12.8 Å². The summed E-state index contributed by atoms with van der Waals surface area (Å²) in [6.45, 7) is 2.14. The molecule has 0 aliphatic carbocycles. The minimum absolute atomic E-state index is 0.585. The van der Waals surface area contributed by atoms with Crippen molar-refractivity contribution in [3.05, 3.63) is 12.3 Å². The van der Waals surface area contributed by atoms with Crippen LogP contribution in [0.3, 0.4) is 0 Å². The Morgan fingerprint density at radius 1 is 1.56 bits per heavy atom. The monoisotopic (exact) mass is 238 g/mol. The Balaban J connectivity index is 2.10. The lowest BCUT2D eigenvalue weighted by molar-refractivity contribution is 0.447. The first-order chi connectivity index (χ1) is 7.83. The third-order valence-corrected chi connectivity index (χ3v) is 3.52. The van der Waals surface area contributed by atoms with Gasteiger partial charge in [-0.2, -0.15) is 0 Å². The maximum absolute atomic E-state index is 4.53. The Morgan fingerprint density at radius 2 is 2.44 bits per heavy atom. The highest BCUT2D eigenvalue weighted by atomic mass is 32.2. The fourth-order valence-corrected chi connectivity index (χ4v) is 2.38. The molecule has 0 bridgehead atoms. The minimum atomic E-state index is 0.585. The van der Waals surface area contributed by atoms with Crippen molar-refractivity contribution in [2.45, 2.75) is 24.0 Å². The van der Waals surface area contributed by atoms with E-state index in [0.717, 1.165) is 24.1 Å². The molecule has 1 aromatic heterocycles. The van der Waals surface area contributed by atoms with Crippen molar-refractivity contribution in [3.63, 3.8) is 0 Å². The molecule has 1 fully saturated rings. The first-order valence-electron chi connectivity index (χ1n) is 5.62. The lowest BCUT2D eigenvalue weighted by Gasteiger charge is -2.33. The fraction of sp³-hybridized carbons (Fsp3) is 0.636. The molecule has 1 aromatic rings. The Kier molecular flexibility index (Phi) is 4.01. The SMILES string of the molecule is CNC1CCCN(c2ccnc(SC)n2)C1. The van der Waals surface area contributed by atoms with E-state index in [1.165, 1.54) is 12.8 Å². The third-order valence-electron chi connectivity index (χ3n) is 2.95. The second-order valence-corrected chi connectivity index (χ2v) is 4.75. The number of nitrogens with one attached hydrogen (secondary N) is 1. The van der Waals surface area contributed by atoms with Gasteiger partial charge in [0.2, 0.25) is 0 Å². The number of anilines is 1. The molecule has 4 nitrogen and oxygen atoms in total. The van der Waals surface area contributed by atoms with Crippen molar-refractivity contribution in [2.24, 2.45) is 0 Å². The van der Waals surface area contributed by atoms with Crippen molar-refractivity contribution < 1.29 is 0 Å². The molecular weight excluding hydrogens is 220 g/mol. The van der Waals surface area contributed by atoms with Crippen molar-refractivity contribution in [2.75, 3.05) is 31.3 Å². The molecule has 2 rings (SSSR count). The molecule has 0 radical (unpaired) electrons. The Hall–Kier alpha value is -0.810. The summed E-state index contributed by atoms with van der Waals surface area (Å²) in [4.78, 5) is 11.1. The number of piperidine rings is 1. The zero-order valence-corrected chi connectivity index (χ0v) is 10.6. The second-order valence-electron chi connectivity index (χ2n) is 3.98. The molecule has 0 aromatic carbocycles. The van der Waals surface area contributed by atoms with Crippen molar-refractivity contribution in [1.82, 2.24) is 15.3 Å². The molecule has 88 valence electrons. The van der Waals surface area contributed by atoms with Gasteiger partial charge in [-0.1, -0.05) is 11.8 Å². The lowest BCUT2D eigenvalue weighted by atomic mass is 10.1. The molecule has 2 heterocycles. The zero-order valence-electron chi connectivity index (χ0n) is 9.81. The topological polar surface area (TPSA) is 41.0 Å². The highest BCUT2D eigenvalue weighted by Gasteiger charge is 2.19. The maximum atomic E-state index is 4.53. The summed E-state index contributed by atoms with van der Waals surface area (Å²) in [6, 6.07) is 2.58. The first kappa shape index (κ1) is 11.7. The average molecular weight is 238 g/mol. The second kappa shape index (κ2) is 5.50. The van der Waals surface area contributed by atoms with Crippen LogP contribution in [-0.4, -0.2) is 42.4 Å². The van der Waals surface area contributed by atoms with Crippen LogP contribution in [0.15, 0.2) is 17.4 Å². The molecule has 1 saturated heterocycles. The van der Waals surface area contributed by atoms with Crippen molar-refractivity contribution in [3.8, 4) is 0 Å². The molecule has 0 saturated carbocycles. The molecule has 1 N–H and O–H groups in total. The summed E-state index contributed by atoms with van der Waals surface area (Å²) in [7, 11) is 2.03. The van der Waals surface area contributed by atoms with Crippen LogP contribution in [0.25, 0.3) is 0 Å². The Bertz CT molecular complexity index is 345. The zero-order chi connectivity index (χ0) is 11.4. The smallest absolute Gasteiger partial charge is 0.189 e. The molecule has 16 heavy (non-hydrogen) atoms. The molecule has 1 aliphatic heterocycles. The van der Waals surface area contributed by atoms with Crippen molar-refractivity contribution >= 4 is 17.6 Å². The first-order valence-corrected chi connectivity index (χ1v) is 6.85. The summed E-state index contributed by atoms with van der Waals surface area (Å²) < 4.78 is 0. The predicted molar refractivity (Wildman–Crippen MR) is 68.1 cm³/mol. The maximum Gasteiger partial charge on any atom is 0.189 e. The average Bonchev–Trinajstić information content (AvgIpc) is 2.39. The van der Waals surface area contributed by atoms with Gasteiger partial charge in [0.25, 0.3) is 0 Å². The molecule has 5 heteroatoms. The highest BCUT2D eigenvalue weighted by Crippen LogP contribution is 2.19. The van der Waals surface area contributed by atoms with E-state index in [4.69, 9.17) is 0 Å². The molecule has 0 spiro atoms. The number of rotatable bonds is 3. The van der Waals surface area contributed by atoms with Crippen molar-refractivity contribution in [1.29, 1.82) is 0 Å². The largest absolute Gasteiger partial charge is 0.355 e. The van der Waals surface area contributed by atoms with Gasteiger partial charge in [-0.15, -0.1) is 0 Å². The number of likely N-dealkylation sites (N-methyl/N-ethyl adjacent to an activating group) is 1. The van der Waals surface area contributed by atoms with Gasteiger partial charge in [-0.05, 0) is 32.2 Å². The van der Waals surface area contributed by atoms with Gasteiger partial charge in [0.15, 0.2) is 5.16 Å². The van der Waals surface area contributed by atoms with E-state index in [2.05, 4.69) is 20.2 Å². The van der Waals surface area contributed by atoms with Crippen LogP contribution in [0.4, 0.5) is 5.82 Å². The molecule has 1 atom stereocenters. The van der Waals surface area contributed by atoms with Gasteiger partial charge >= 0.3 is 0 Å². The Labute approximate surface area is 101 Å². The van der Waals surface area contributed by atoms with E-state index in [0.29, 0.717) is 6.04 Å². The van der Waals surface area contributed by atoms with Crippen LogP contribution in [0, 0.1) is 0 Å². The number of hydrogen-bond acceptors (Lipinski definition) is 5. The van der Waals surface area contributed by atoms with E-state index in [1.807, 2.05) is 25.6 Å². The van der Waals surface area contributed by atoms with Crippen LogP contribution in [0.2, 0.25) is 0 Å². The summed E-state index contributed by atoms with van der Waals surface area (Å²) in [5, 5.41) is 4.19. The predicted octanol–water partition coefficient (Wildman–Crippen LogP) is 1.39. The summed E-state index contributed by atoms with van der Waals surface area (Å²) in [6.07, 6.45) is 6.33. The van der Waals surface area contributed by atoms with Crippen LogP contribution in [-0.2, 0) is 0 Å². The van der Waals surface area contributed by atoms with E-state index >= 15 is 0 Å². The van der Waals surface area contributed by atoms with Crippen LogP contribution < -0.4 is 10.2 Å². The van der Waals surface area contributed by atoms with Gasteiger partial charge in [0, 0.05) is 25.3 Å². The van der Waals surface area contributed by atoms with Crippen LogP contribution >= 0.6 is 11.8 Å². The fourth-order valence-electron chi connectivity index (χ4n) is 2.03. The van der Waals surface area contributed by atoms with Gasteiger partial charge in [-0.25, -0.2) is 9.97 Å². The van der Waals surface area contributed by atoms with E-state index in [9.17, 15) is 0 Å². The summed E-state index contributed by atoms with van der Waals surface area (Å²) in [5.41, 5.74) is 0. The van der Waals surface area contributed by atoms with Gasteiger partial charge in [0.05, 0.1) is 0 Å². The highest BCUT2D eigenvalue weighted by molar-refractivity contribution is 7.98. The quantitative estimate of drug-likeness (QED) is 0.636. The Morgan fingerprint density at radius 3 is 3.19 bits per heavy atom. The molecule has 1 unspecified atom stereocenters. The molecule has 0 amide bonds. The third kappa shape index (κ3) is 2.65. The van der Waals surface area contributed by atoms with E-state index in [1.54, 1.807) is 11.8 Å². The minimum Gasteiger partial charge on any atom is -0.355 e. The standard InChI is InChI=1S/C11H18N4S/c1-12-9-4-3-7-15(8-9)10-5-6-13-11(14-10)16-2/h5-6,9,12H,3-4,7-8H2,1-2H3. The van der Waals surface area contributed by atoms with Crippen LogP contribution in [0.5, 0.6) is 0 Å². The molecule has 1 aliphatic rings. The summed E-state index contributed by atoms with van der Waals surface area (Å²) in [5.74, 6) is 1.05. The normalized spacial score (nSPS) is 21.1. The van der Waals surface area contributed by atoms with Gasteiger partial charge < -0.3 is 10.2 Å². The van der Waals surface area contributed by atoms with Gasteiger partial charge in [-0.3, -0.25) is 0 Å². The number of nitrogens with zero attached hydrogens (tertiary/aromatic N) is 3. The molecular formula is C11H18N4S. The number of aromatic nitrogens is 2. The number of thioether (sulfide) groups is 1. The van der Waals surface area contributed by atoms with E-state index < -0.39 is 0 Å². The number of hydrogen-bond donors (Lipinski definition) is 1. The lowest BCUT2D eigenvalue weighted by Crippen LogP contribution is -2.44. The summed E-state index contributed by atoms with van der Waals surface area (Å²) >= 11 is 1.59.